The highest BCUT2D eigenvalue weighted by atomic mass is 32.2. The fourth-order valence-corrected chi connectivity index (χ4v) is 4.29. The number of Topliss-reactive ketones (excluding diaryl/α,β-unsaturated/α-hetero) is 1. The predicted octanol–water partition coefficient (Wildman–Crippen LogP) is 6.12. The lowest BCUT2D eigenvalue weighted by Crippen LogP contribution is -2.16. The number of thioether (sulfide) groups is 1. The standard InChI is InChI=1S/C24H21NO3S2/c1-18(26)28-25-23(16-17-29-20-8-4-2-5-9-20)24(27)19-12-14-22(15-13-19)30-21-10-6-3-7-11-21/h2-15H,16-17H2,1H3. The normalized spacial score (nSPS) is 11.2. The molecule has 4 nitrogen and oxygen atoms in total. The summed E-state index contributed by atoms with van der Waals surface area (Å²) >= 11 is 3.25. The van der Waals surface area contributed by atoms with Crippen molar-refractivity contribution in [1.82, 2.24) is 0 Å². The first kappa shape index (κ1) is 21.9. The number of nitrogens with zero attached hydrogens (tertiary/aromatic N) is 1. The molecule has 152 valence electrons. The minimum absolute atomic E-state index is 0.233. The van der Waals surface area contributed by atoms with Crippen molar-refractivity contribution >= 4 is 41.0 Å². The summed E-state index contributed by atoms with van der Waals surface area (Å²) in [4.78, 5) is 32.1. The van der Waals surface area contributed by atoms with Crippen LogP contribution in [0.25, 0.3) is 0 Å². The van der Waals surface area contributed by atoms with Gasteiger partial charge in [0.25, 0.3) is 0 Å². The van der Waals surface area contributed by atoms with Crippen molar-refractivity contribution < 1.29 is 14.4 Å². The van der Waals surface area contributed by atoms with E-state index in [0.717, 1.165) is 14.7 Å². The SMILES string of the molecule is CC(=O)ON=C(CCSc1ccccc1)C(=O)c1ccc(Sc2ccccc2)cc1. The second-order valence-corrected chi connectivity index (χ2v) is 8.62. The molecule has 0 heterocycles. The fraction of sp³-hybridized carbons (Fsp3) is 0.125. The van der Waals surface area contributed by atoms with Crippen LogP contribution in [0.4, 0.5) is 0 Å². The van der Waals surface area contributed by atoms with E-state index in [9.17, 15) is 9.59 Å². The molecule has 0 saturated heterocycles. The number of benzene rings is 3. The summed E-state index contributed by atoms with van der Waals surface area (Å²) in [7, 11) is 0. The Morgan fingerprint density at radius 3 is 1.97 bits per heavy atom. The lowest BCUT2D eigenvalue weighted by molar-refractivity contribution is -0.140. The van der Waals surface area contributed by atoms with Gasteiger partial charge < -0.3 is 4.84 Å². The molecule has 0 spiro atoms. The third-order valence-corrected chi connectivity index (χ3v) is 6.02. The van der Waals surface area contributed by atoms with Crippen LogP contribution in [0.1, 0.15) is 23.7 Å². The third kappa shape index (κ3) is 6.90. The van der Waals surface area contributed by atoms with Crippen LogP contribution in [-0.4, -0.2) is 23.2 Å². The van der Waals surface area contributed by atoms with Gasteiger partial charge in [-0.05, 0) is 48.5 Å². The second-order valence-electron chi connectivity index (χ2n) is 6.30. The average Bonchev–Trinajstić information content (AvgIpc) is 2.77. The van der Waals surface area contributed by atoms with Gasteiger partial charge in [0.1, 0.15) is 5.71 Å². The van der Waals surface area contributed by atoms with Crippen LogP contribution in [0.3, 0.4) is 0 Å². The summed E-state index contributed by atoms with van der Waals surface area (Å²) < 4.78 is 0. The summed E-state index contributed by atoms with van der Waals surface area (Å²) in [5.41, 5.74) is 0.750. The summed E-state index contributed by atoms with van der Waals surface area (Å²) in [5, 5.41) is 3.82. The second kappa shape index (κ2) is 11.4. The van der Waals surface area contributed by atoms with Crippen LogP contribution >= 0.6 is 23.5 Å². The molecule has 0 N–H and O–H groups in total. The summed E-state index contributed by atoms with van der Waals surface area (Å²) in [6.45, 7) is 1.26. The van der Waals surface area contributed by atoms with Gasteiger partial charge in [0.05, 0.1) is 0 Å². The Morgan fingerprint density at radius 2 is 1.37 bits per heavy atom. The molecule has 3 aromatic rings. The molecule has 0 atom stereocenters. The molecular formula is C24H21NO3S2. The van der Waals surface area contributed by atoms with E-state index < -0.39 is 5.97 Å². The quantitative estimate of drug-likeness (QED) is 0.133. The lowest BCUT2D eigenvalue weighted by atomic mass is 10.1. The number of hydrogen-bond acceptors (Lipinski definition) is 6. The van der Waals surface area contributed by atoms with Crippen LogP contribution < -0.4 is 0 Å². The van der Waals surface area contributed by atoms with Crippen LogP contribution in [0, 0.1) is 0 Å². The third-order valence-electron chi connectivity index (χ3n) is 3.99. The zero-order chi connectivity index (χ0) is 21.2. The van der Waals surface area contributed by atoms with Gasteiger partial charge in [-0.25, -0.2) is 4.79 Å². The smallest absolute Gasteiger partial charge is 0.318 e. The first-order valence-corrected chi connectivity index (χ1v) is 11.2. The Kier molecular flexibility index (Phi) is 8.30. The molecule has 0 aliphatic rings. The maximum atomic E-state index is 12.9. The Morgan fingerprint density at radius 1 is 0.800 bits per heavy atom. The first-order chi connectivity index (χ1) is 14.6. The number of rotatable bonds is 9. The van der Waals surface area contributed by atoms with Crippen LogP contribution in [-0.2, 0) is 9.63 Å². The van der Waals surface area contributed by atoms with Gasteiger partial charge in [-0.15, -0.1) is 11.8 Å². The average molecular weight is 436 g/mol. The highest BCUT2D eigenvalue weighted by molar-refractivity contribution is 7.99. The van der Waals surface area contributed by atoms with E-state index in [2.05, 4.69) is 5.16 Å². The molecule has 3 aromatic carbocycles. The van der Waals surface area contributed by atoms with Gasteiger partial charge >= 0.3 is 5.97 Å². The Balaban J connectivity index is 1.67. The number of carbonyl (C=O) groups is 2. The molecule has 0 aliphatic carbocycles. The maximum absolute atomic E-state index is 12.9. The van der Waals surface area contributed by atoms with E-state index in [1.165, 1.54) is 6.92 Å². The minimum Gasteiger partial charge on any atom is -0.318 e. The highest BCUT2D eigenvalue weighted by Crippen LogP contribution is 2.27. The van der Waals surface area contributed by atoms with Gasteiger partial charge in [-0.2, -0.15) is 0 Å². The Labute approximate surface area is 184 Å². The largest absolute Gasteiger partial charge is 0.331 e. The molecular weight excluding hydrogens is 414 g/mol. The Bertz CT molecular complexity index is 1000. The molecule has 0 amide bonds. The topological polar surface area (TPSA) is 55.7 Å². The molecule has 0 bridgehead atoms. The van der Waals surface area contributed by atoms with Gasteiger partial charge in [-0.3, -0.25) is 4.79 Å². The Hall–Kier alpha value is -2.83. The molecule has 0 unspecified atom stereocenters. The van der Waals surface area contributed by atoms with Gasteiger partial charge in [-0.1, -0.05) is 53.3 Å². The number of oxime groups is 1. The minimum atomic E-state index is -0.550. The van der Waals surface area contributed by atoms with Gasteiger partial charge in [0, 0.05) is 39.3 Å². The highest BCUT2D eigenvalue weighted by Gasteiger charge is 2.16. The molecule has 0 aromatic heterocycles. The van der Waals surface area contributed by atoms with Crippen molar-refractivity contribution in [2.75, 3.05) is 5.75 Å². The van der Waals surface area contributed by atoms with Crippen molar-refractivity contribution in [2.24, 2.45) is 5.16 Å². The molecule has 3 rings (SSSR count). The van der Waals surface area contributed by atoms with Crippen LogP contribution in [0.5, 0.6) is 0 Å². The predicted molar refractivity (Wildman–Crippen MR) is 122 cm³/mol. The molecule has 6 heteroatoms. The summed E-state index contributed by atoms with van der Waals surface area (Å²) in [6, 6.07) is 27.3. The van der Waals surface area contributed by atoms with Crippen LogP contribution in [0.15, 0.2) is 105 Å². The van der Waals surface area contributed by atoms with E-state index in [1.807, 2.05) is 72.8 Å². The van der Waals surface area contributed by atoms with Crippen LogP contribution in [0.2, 0.25) is 0 Å². The monoisotopic (exact) mass is 435 g/mol. The van der Waals surface area contributed by atoms with E-state index in [1.54, 1.807) is 35.7 Å². The van der Waals surface area contributed by atoms with E-state index in [-0.39, 0.29) is 11.5 Å². The molecule has 0 fully saturated rings. The van der Waals surface area contributed by atoms with Crippen molar-refractivity contribution in [3.63, 3.8) is 0 Å². The molecule has 0 radical (unpaired) electrons. The van der Waals surface area contributed by atoms with E-state index in [0.29, 0.717) is 17.7 Å². The number of carbonyl (C=O) groups excluding carboxylic acids is 2. The number of hydrogen-bond donors (Lipinski definition) is 0. The van der Waals surface area contributed by atoms with E-state index in [4.69, 9.17) is 4.84 Å². The molecule has 0 saturated carbocycles. The lowest BCUT2D eigenvalue weighted by Gasteiger charge is -2.07. The summed E-state index contributed by atoms with van der Waals surface area (Å²) in [6.07, 6.45) is 0.395. The summed E-state index contributed by atoms with van der Waals surface area (Å²) in [5.74, 6) is -0.135. The van der Waals surface area contributed by atoms with Crippen molar-refractivity contribution in [1.29, 1.82) is 0 Å². The molecule has 30 heavy (non-hydrogen) atoms. The van der Waals surface area contributed by atoms with Crippen molar-refractivity contribution in [3.8, 4) is 0 Å². The van der Waals surface area contributed by atoms with E-state index >= 15 is 0 Å². The number of ketones is 1. The fourth-order valence-electron chi connectivity index (χ4n) is 2.57. The van der Waals surface area contributed by atoms with Gasteiger partial charge in [0.15, 0.2) is 0 Å². The molecule has 0 aliphatic heterocycles. The van der Waals surface area contributed by atoms with Crippen molar-refractivity contribution in [2.45, 2.75) is 28.0 Å². The first-order valence-electron chi connectivity index (χ1n) is 9.42. The zero-order valence-corrected chi connectivity index (χ0v) is 18.1. The van der Waals surface area contributed by atoms with Gasteiger partial charge in [0.2, 0.25) is 5.78 Å². The zero-order valence-electron chi connectivity index (χ0n) is 16.5. The maximum Gasteiger partial charge on any atom is 0.331 e. The van der Waals surface area contributed by atoms with Crippen molar-refractivity contribution in [3.05, 3.63) is 90.5 Å².